The number of rotatable bonds is 3. The van der Waals surface area contributed by atoms with Crippen molar-refractivity contribution in [2.24, 2.45) is 0 Å². The van der Waals surface area contributed by atoms with Gasteiger partial charge in [0, 0.05) is 23.7 Å². The summed E-state index contributed by atoms with van der Waals surface area (Å²) in [5, 5.41) is 0.963. The molecule has 0 radical (unpaired) electrons. The number of ether oxygens (including phenoxy) is 2. The van der Waals surface area contributed by atoms with Gasteiger partial charge in [0.1, 0.15) is 12.1 Å². The van der Waals surface area contributed by atoms with Crippen molar-refractivity contribution in [1.29, 1.82) is 0 Å². The van der Waals surface area contributed by atoms with Gasteiger partial charge in [0.2, 0.25) is 0 Å². The Morgan fingerprint density at radius 2 is 1.76 bits per heavy atom. The van der Waals surface area contributed by atoms with Crippen molar-refractivity contribution in [2.75, 3.05) is 25.7 Å². The summed E-state index contributed by atoms with van der Waals surface area (Å²) in [6.07, 6.45) is 2.63. The number of nitrogens with zero attached hydrogens (tertiary/aromatic N) is 3. The number of benzene rings is 2. The maximum atomic E-state index is 5.45. The van der Waals surface area contributed by atoms with Crippen LogP contribution in [0.3, 0.4) is 0 Å². The fourth-order valence-electron chi connectivity index (χ4n) is 3.29. The van der Waals surface area contributed by atoms with Gasteiger partial charge < -0.3 is 14.4 Å². The summed E-state index contributed by atoms with van der Waals surface area (Å²) in [5.74, 6) is 2.27. The summed E-state index contributed by atoms with van der Waals surface area (Å²) in [6.45, 7) is 3.03. The summed E-state index contributed by atoms with van der Waals surface area (Å²) in [4.78, 5) is 11.2. The predicted molar refractivity (Wildman–Crippen MR) is 102 cm³/mol. The number of aromatic nitrogens is 2. The summed E-state index contributed by atoms with van der Waals surface area (Å²) in [5.41, 5.74) is 4.68. The van der Waals surface area contributed by atoms with Crippen LogP contribution in [0.5, 0.6) is 11.5 Å². The molecule has 1 aliphatic heterocycles. The van der Waals surface area contributed by atoms with Gasteiger partial charge in [-0.3, -0.25) is 0 Å². The van der Waals surface area contributed by atoms with Crippen LogP contribution in [-0.2, 0) is 6.42 Å². The molecule has 0 N–H and O–H groups in total. The van der Waals surface area contributed by atoms with Gasteiger partial charge in [0.05, 0.1) is 19.7 Å². The average molecular weight is 358 g/mol. The van der Waals surface area contributed by atoms with Crippen LogP contribution in [0.4, 0.5) is 11.5 Å². The lowest BCUT2D eigenvalue weighted by Gasteiger charge is -2.21. The molecule has 0 aliphatic carbocycles. The van der Waals surface area contributed by atoms with Gasteiger partial charge in [-0.1, -0.05) is 12.1 Å². The van der Waals surface area contributed by atoms with Crippen molar-refractivity contribution < 1.29 is 9.47 Å². The highest BCUT2D eigenvalue weighted by Gasteiger charge is 2.24. The van der Waals surface area contributed by atoms with E-state index in [1.54, 1.807) is 20.5 Å². The molecular weight excluding hydrogens is 338 g/mol. The molecule has 0 atom stereocenters. The first-order valence-corrected chi connectivity index (χ1v) is 7.95. The number of hydrogen-bond acceptors (Lipinski definition) is 5. The molecule has 1 aliphatic rings. The molecule has 3 aromatic rings. The number of methoxy groups -OCH3 is 2. The molecule has 0 fully saturated rings. The third-order valence-electron chi connectivity index (χ3n) is 4.51. The minimum absolute atomic E-state index is 0. The van der Waals surface area contributed by atoms with E-state index in [1.165, 1.54) is 16.8 Å². The number of hydrogen-bond donors (Lipinski definition) is 0. The second kappa shape index (κ2) is 6.76. The molecule has 0 amide bonds. The molecular formula is C19H20ClN3O2. The standard InChI is InChI=1S/C19H19N3O2.ClH/c1-12-4-5-13-6-7-22(16(13)8-12)19-14-9-17(23-2)18(24-3)10-15(14)20-11-21-19;/h4-5,8-11H,6-7H2,1-3H3;1H. The van der Waals surface area contributed by atoms with E-state index in [0.717, 1.165) is 29.7 Å². The maximum Gasteiger partial charge on any atom is 0.162 e. The van der Waals surface area contributed by atoms with E-state index in [4.69, 9.17) is 9.47 Å². The molecule has 5 nitrogen and oxygen atoms in total. The lowest BCUT2D eigenvalue weighted by molar-refractivity contribution is 0.356. The molecule has 130 valence electrons. The van der Waals surface area contributed by atoms with Crippen LogP contribution in [0, 0.1) is 6.92 Å². The highest BCUT2D eigenvalue weighted by molar-refractivity contribution is 5.94. The molecule has 4 rings (SSSR count). The quantitative estimate of drug-likeness (QED) is 0.707. The zero-order valence-electron chi connectivity index (χ0n) is 14.4. The molecule has 0 bridgehead atoms. The smallest absolute Gasteiger partial charge is 0.162 e. The number of anilines is 2. The average Bonchev–Trinajstić information content (AvgIpc) is 3.02. The van der Waals surface area contributed by atoms with Crippen LogP contribution in [0.25, 0.3) is 10.9 Å². The van der Waals surface area contributed by atoms with Gasteiger partial charge in [-0.25, -0.2) is 9.97 Å². The molecule has 25 heavy (non-hydrogen) atoms. The Morgan fingerprint density at radius 3 is 2.52 bits per heavy atom. The van der Waals surface area contributed by atoms with Crippen molar-refractivity contribution in [3.05, 3.63) is 47.8 Å². The largest absolute Gasteiger partial charge is 0.493 e. The molecule has 0 saturated heterocycles. The molecule has 6 heteroatoms. The van der Waals surface area contributed by atoms with Crippen LogP contribution in [-0.4, -0.2) is 30.7 Å². The van der Waals surface area contributed by atoms with Crippen LogP contribution in [0.15, 0.2) is 36.7 Å². The first kappa shape index (κ1) is 17.3. The molecule has 2 heterocycles. The normalized spacial score (nSPS) is 12.7. The molecule has 0 spiro atoms. The topological polar surface area (TPSA) is 47.5 Å². The maximum absolute atomic E-state index is 5.45. The summed E-state index contributed by atoms with van der Waals surface area (Å²) >= 11 is 0. The Balaban J connectivity index is 0.00000182. The third-order valence-corrected chi connectivity index (χ3v) is 4.51. The molecule has 2 aromatic carbocycles. The number of fused-ring (bicyclic) bond motifs is 2. The van der Waals surface area contributed by atoms with Crippen LogP contribution in [0.1, 0.15) is 11.1 Å². The van der Waals surface area contributed by atoms with Gasteiger partial charge in [-0.05, 0) is 36.6 Å². The van der Waals surface area contributed by atoms with Crippen molar-refractivity contribution in [1.82, 2.24) is 9.97 Å². The van der Waals surface area contributed by atoms with E-state index in [0.29, 0.717) is 11.5 Å². The van der Waals surface area contributed by atoms with Gasteiger partial charge >= 0.3 is 0 Å². The van der Waals surface area contributed by atoms with E-state index in [1.807, 2.05) is 12.1 Å². The lowest BCUT2D eigenvalue weighted by atomic mass is 10.1. The van der Waals surface area contributed by atoms with Gasteiger partial charge in [0.25, 0.3) is 0 Å². The van der Waals surface area contributed by atoms with Crippen molar-refractivity contribution in [3.8, 4) is 11.5 Å². The van der Waals surface area contributed by atoms with E-state index in [-0.39, 0.29) is 12.4 Å². The highest BCUT2D eigenvalue weighted by atomic mass is 35.5. The first-order valence-electron chi connectivity index (χ1n) is 7.95. The van der Waals surface area contributed by atoms with Crippen LogP contribution in [0.2, 0.25) is 0 Å². The molecule has 0 saturated carbocycles. The third kappa shape index (κ3) is 2.85. The predicted octanol–water partition coefficient (Wildman–Crippen LogP) is 4.07. The Bertz CT molecular complexity index is 930. The zero-order chi connectivity index (χ0) is 16.7. The van der Waals surface area contributed by atoms with E-state index >= 15 is 0 Å². The summed E-state index contributed by atoms with van der Waals surface area (Å²) in [6, 6.07) is 10.4. The van der Waals surface area contributed by atoms with Crippen molar-refractivity contribution in [2.45, 2.75) is 13.3 Å². The van der Waals surface area contributed by atoms with E-state index in [9.17, 15) is 0 Å². The monoisotopic (exact) mass is 357 g/mol. The minimum Gasteiger partial charge on any atom is -0.493 e. The SMILES string of the molecule is COc1cc2ncnc(N3CCc4ccc(C)cc43)c2cc1OC.Cl. The highest BCUT2D eigenvalue weighted by Crippen LogP contribution is 2.40. The van der Waals surface area contributed by atoms with Gasteiger partial charge in [0.15, 0.2) is 11.5 Å². The Kier molecular flexibility index (Phi) is 4.68. The van der Waals surface area contributed by atoms with Crippen LogP contribution >= 0.6 is 12.4 Å². The van der Waals surface area contributed by atoms with Crippen LogP contribution < -0.4 is 14.4 Å². The first-order chi connectivity index (χ1) is 11.7. The fourth-order valence-corrected chi connectivity index (χ4v) is 3.29. The number of halogens is 1. The van der Waals surface area contributed by atoms with E-state index < -0.39 is 0 Å². The van der Waals surface area contributed by atoms with Crippen molar-refractivity contribution in [3.63, 3.8) is 0 Å². The van der Waals surface area contributed by atoms with Gasteiger partial charge in [-0.15, -0.1) is 12.4 Å². The second-order valence-corrected chi connectivity index (χ2v) is 5.96. The summed E-state index contributed by atoms with van der Waals surface area (Å²) < 4.78 is 10.8. The van der Waals surface area contributed by atoms with Gasteiger partial charge in [-0.2, -0.15) is 0 Å². The van der Waals surface area contributed by atoms with Crippen molar-refractivity contribution >= 4 is 34.8 Å². The summed E-state index contributed by atoms with van der Waals surface area (Å²) in [7, 11) is 3.27. The molecule has 1 aromatic heterocycles. The fraction of sp³-hybridized carbons (Fsp3) is 0.263. The Hall–Kier alpha value is -2.53. The zero-order valence-corrected chi connectivity index (χ0v) is 15.3. The lowest BCUT2D eigenvalue weighted by Crippen LogP contribution is -2.15. The van der Waals surface area contributed by atoms with E-state index in [2.05, 4.69) is 40.0 Å². The second-order valence-electron chi connectivity index (χ2n) is 5.96. The molecule has 0 unspecified atom stereocenters. The Labute approximate surface area is 153 Å². The Morgan fingerprint density at radius 1 is 1.00 bits per heavy atom. The minimum atomic E-state index is 0. The number of aryl methyl sites for hydroxylation is 1.